The van der Waals surface area contributed by atoms with Gasteiger partial charge in [0.1, 0.15) is 5.58 Å². The smallest absolute Gasteiger partial charge is 0.293 e. The highest BCUT2D eigenvalue weighted by Crippen LogP contribution is 2.30. The van der Waals surface area contributed by atoms with Gasteiger partial charge in [0.05, 0.1) is 10.2 Å². The van der Waals surface area contributed by atoms with Crippen molar-refractivity contribution in [3.05, 3.63) is 58.8 Å². The monoisotopic (exact) mass is 350 g/mol. The average Bonchev–Trinajstić information content (AvgIpc) is 3.14. The zero-order valence-corrected chi connectivity index (χ0v) is 15.2. The molecule has 0 radical (unpaired) electrons. The molecule has 0 spiro atoms. The van der Waals surface area contributed by atoms with E-state index >= 15 is 0 Å². The number of nitrogens with one attached hydrogen (secondary N) is 1. The maximum absolute atomic E-state index is 12.7. The van der Waals surface area contributed by atoms with E-state index in [1.807, 2.05) is 38.1 Å². The normalized spacial score (nSPS) is 11.3. The van der Waals surface area contributed by atoms with Gasteiger partial charge in [-0.25, -0.2) is 4.98 Å². The highest BCUT2D eigenvalue weighted by molar-refractivity contribution is 7.22. The van der Waals surface area contributed by atoms with Crippen molar-refractivity contribution >= 4 is 43.6 Å². The second-order valence-corrected chi connectivity index (χ2v) is 7.22. The van der Waals surface area contributed by atoms with Crippen LogP contribution in [0.2, 0.25) is 0 Å². The van der Waals surface area contributed by atoms with Crippen LogP contribution in [0.5, 0.6) is 0 Å². The molecule has 25 heavy (non-hydrogen) atoms. The van der Waals surface area contributed by atoms with E-state index in [1.54, 1.807) is 0 Å². The lowest BCUT2D eigenvalue weighted by atomic mass is 10.1. The van der Waals surface area contributed by atoms with Crippen molar-refractivity contribution in [2.45, 2.75) is 27.2 Å². The Kier molecular flexibility index (Phi) is 3.81. The number of hydrogen-bond donors (Lipinski definition) is 1. The topological polar surface area (TPSA) is 55.1 Å². The van der Waals surface area contributed by atoms with Crippen molar-refractivity contribution in [2.75, 3.05) is 5.32 Å². The van der Waals surface area contributed by atoms with E-state index in [9.17, 15) is 4.79 Å². The number of carbonyl (C=O) groups excluding carboxylic acids is 1. The summed E-state index contributed by atoms with van der Waals surface area (Å²) in [6, 6.07) is 12.1. The van der Waals surface area contributed by atoms with Crippen molar-refractivity contribution in [3.63, 3.8) is 0 Å². The summed E-state index contributed by atoms with van der Waals surface area (Å²) in [6.45, 7) is 6.07. The van der Waals surface area contributed by atoms with Gasteiger partial charge in [0.2, 0.25) is 0 Å². The fourth-order valence-corrected chi connectivity index (χ4v) is 3.90. The lowest BCUT2D eigenvalue weighted by Gasteiger charge is -1.99. The lowest BCUT2D eigenvalue weighted by Crippen LogP contribution is -2.11. The van der Waals surface area contributed by atoms with Crippen LogP contribution in [0.3, 0.4) is 0 Å². The van der Waals surface area contributed by atoms with Crippen LogP contribution < -0.4 is 5.32 Å². The minimum absolute atomic E-state index is 0.262. The van der Waals surface area contributed by atoms with E-state index < -0.39 is 0 Å². The number of benzene rings is 2. The molecule has 0 saturated carbocycles. The Labute approximate surface area is 149 Å². The average molecular weight is 350 g/mol. The Bertz CT molecular complexity index is 1110. The van der Waals surface area contributed by atoms with Crippen LogP contribution >= 0.6 is 11.3 Å². The Hall–Kier alpha value is -2.66. The molecule has 2 aromatic carbocycles. The zero-order chi connectivity index (χ0) is 17.6. The zero-order valence-electron chi connectivity index (χ0n) is 14.3. The number of hydrogen-bond acceptors (Lipinski definition) is 4. The number of carbonyl (C=O) groups is 1. The lowest BCUT2D eigenvalue weighted by molar-refractivity contribution is 0.0998. The van der Waals surface area contributed by atoms with Gasteiger partial charge in [-0.05, 0) is 55.7 Å². The second-order valence-electron chi connectivity index (χ2n) is 6.18. The number of amides is 1. The third-order valence-corrected chi connectivity index (χ3v) is 5.31. The molecule has 0 aliphatic rings. The van der Waals surface area contributed by atoms with E-state index in [-0.39, 0.29) is 5.91 Å². The van der Waals surface area contributed by atoms with Gasteiger partial charge in [0, 0.05) is 10.9 Å². The van der Waals surface area contributed by atoms with Crippen LogP contribution in [-0.4, -0.2) is 10.9 Å². The van der Waals surface area contributed by atoms with E-state index in [2.05, 4.69) is 29.4 Å². The third-order valence-electron chi connectivity index (χ3n) is 4.38. The molecule has 2 aromatic heterocycles. The number of furan rings is 1. The predicted octanol–water partition coefficient (Wildman–Crippen LogP) is 5.47. The molecule has 4 nitrogen and oxygen atoms in total. The van der Waals surface area contributed by atoms with Crippen molar-refractivity contribution in [2.24, 2.45) is 0 Å². The summed E-state index contributed by atoms with van der Waals surface area (Å²) >= 11 is 1.47. The number of thiazole rings is 1. The van der Waals surface area contributed by atoms with E-state index in [0.717, 1.165) is 33.2 Å². The van der Waals surface area contributed by atoms with Crippen molar-refractivity contribution in [1.29, 1.82) is 0 Å². The Morgan fingerprint density at radius 3 is 2.84 bits per heavy atom. The predicted molar refractivity (Wildman–Crippen MR) is 103 cm³/mol. The molecule has 0 saturated heterocycles. The molecule has 1 N–H and O–H groups in total. The fraction of sp³-hybridized carbons (Fsp3) is 0.200. The van der Waals surface area contributed by atoms with Crippen LogP contribution in [0, 0.1) is 13.8 Å². The maximum Gasteiger partial charge on any atom is 0.293 e. The van der Waals surface area contributed by atoms with Gasteiger partial charge >= 0.3 is 0 Å². The van der Waals surface area contributed by atoms with Gasteiger partial charge in [-0.1, -0.05) is 30.4 Å². The summed E-state index contributed by atoms with van der Waals surface area (Å²) in [4.78, 5) is 17.1. The molecule has 0 aliphatic carbocycles. The molecule has 4 aromatic rings. The summed E-state index contributed by atoms with van der Waals surface area (Å²) in [5, 5.41) is 4.45. The Morgan fingerprint density at radius 2 is 2.04 bits per heavy atom. The van der Waals surface area contributed by atoms with Crippen molar-refractivity contribution < 1.29 is 9.21 Å². The van der Waals surface area contributed by atoms with Gasteiger partial charge in [-0.15, -0.1) is 0 Å². The molecular weight excluding hydrogens is 332 g/mol. The minimum atomic E-state index is -0.262. The molecule has 5 heteroatoms. The largest absolute Gasteiger partial charge is 0.451 e. The highest BCUT2D eigenvalue weighted by atomic mass is 32.1. The fourth-order valence-electron chi connectivity index (χ4n) is 2.94. The highest BCUT2D eigenvalue weighted by Gasteiger charge is 2.19. The van der Waals surface area contributed by atoms with Gasteiger partial charge in [-0.2, -0.15) is 0 Å². The van der Waals surface area contributed by atoms with Gasteiger partial charge in [0.25, 0.3) is 5.91 Å². The summed E-state index contributed by atoms with van der Waals surface area (Å²) in [5.74, 6) is 0.0845. The molecule has 0 aliphatic heterocycles. The second kappa shape index (κ2) is 6.01. The number of nitrogens with zero attached hydrogens (tertiary/aromatic N) is 1. The first kappa shape index (κ1) is 15.8. The van der Waals surface area contributed by atoms with Crippen LogP contribution in [0.25, 0.3) is 21.2 Å². The van der Waals surface area contributed by atoms with Crippen molar-refractivity contribution in [1.82, 2.24) is 4.98 Å². The molecule has 2 heterocycles. The quantitative estimate of drug-likeness (QED) is 0.533. The van der Waals surface area contributed by atoms with Gasteiger partial charge < -0.3 is 4.42 Å². The van der Waals surface area contributed by atoms with Gasteiger partial charge in [-0.3, -0.25) is 10.1 Å². The molecule has 126 valence electrons. The molecule has 0 unspecified atom stereocenters. The van der Waals surface area contributed by atoms with Crippen LogP contribution in [0.4, 0.5) is 5.13 Å². The molecule has 0 bridgehead atoms. The van der Waals surface area contributed by atoms with Crippen molar-refractivity contribution in [3.8, 4) is 0 Å². The number of rotatable bonds is 3. The summed E-state index contributed by atoms with van der Waals surface area (Å²) in [7, 11) is 0. The minimum Gasteiger partial charge on any atom is -0.451 e. The van der Waals surface area contributed by atoms with E-state index in [0.29, 0.717) is 10.9 Å². The molecule has 4 rings (SSSR count). The SMILES string of the molecule is CCc1ccc2oc(C(=O)Nc3nc4ccc(C)cc4s3)c(C)c2c1. The Morgan fingerprint density at radius 1 is 1.20 bits per heavy atom. The van der Waals surface area contributed by atoms with E-state index in [4.69, 9.17) is 4.42 Å². The Balaban J connectivity index is 1.67. The standard InChI is InChI=1S/C20H18N2O2S/c1-4-13-6-8-16-14(10-13)12(3)18(24-16)19(23)22-20-21-15-7-5-11(2)9-17(15)25-20/h5-10H,4H2,1-3H3,(H,21,22,23). The number of fused-ring (bicyclic) bond motifs is 2. The molecule has 0 atom stereocenters. The number of aryl methyl sites for hydroxylation is 3. The first-order valence-corrected chi connectivity index (χ1v) is 9.07. The van der Waals surface area contributed by atoms with Crippen LogP contribution in [0.15, 0.2) is 40.8 Å². The first-order chi connectivity index (χ1) is 12.0. The summed E-state index contributed by atoms with van der Waals surface area (Å²) in [6.07, 6.45) is 0.952. The van der Waals surface area contributed by atoms with Crippen LogP contribution in [-0.2, 0) is 6.42 Å². The number of aromatic nitrogens is 1. The molecule has 0 fully saturated rings. The third kappa shape index (κ3) is 2.81. The van der Waals surface area contributed by atoms with Crippen LogP contribution in [0.1, 0.15) is 34.2 Å². The van der Waals surface area contributed by atoms with E-state index in [1.165, 1.54) is 22.5 Å². The summed E-state index contributed by atoms with van der Waals surface area (Å²) < 4.78 is 6.85. The van der Waals surface area contributed by atoms with Gasteiger partial charge in [0.15, 0.2) is 10.9 Å². The first-order valence-electron chi connectivity index (χ1n) is 8.25. The molecular formula is C20H18N2O2S. The molecule has 1 amide bonds. The maximum atomic E-state index is 12.7. The number of anilines is 1. The summed E-state index contributed by atoms with van der Waals surface area (Å²) in [5.41, 5.74) is 4.89.